The maximum Gasteiger partial charge on any atom is 0.390 e. The Morgan fingerprint density at radius 1 is 1.26 bits per heavy atom. The average molecular weight is 503 g/mol. The van der Waals surface area contributed by atoms with Gasteiger partial charge in [0.25, 0.3) is 5.91 Å². The summed E-state index contributed by atoms with van der Waals surface area (Å²) < 4.78 is 50.5. The van der Waals surface area contributed by atoms with E-state index in [-0.39, 0.29) is 55.4 Å². The number of anilines is 1. The van der Waals surface area contributed by atoms with E-state index in [9.17, 15) is 22.8 Å². The molecule has 3 amide bonds. The molecule has 1 aromatic rings. The molecule has 0 aromatic heterocycles. The van der Waals surface area contributed by atoms with Gasteiger partial charge in [-0.15, -0.1) is 0 Å². The third-order valence-corrected chi connectivity index (χ3v) is 6.05. The Kier molecular flexibility index (Phi) is 10.6. The van der Waals surface area contributed by atoms with Gasteiger partial charge in [-0.05, 0) is 31.4 Å². The van der Waals surface area contributed by atoms with Crippen molar-refractivity contribution in [2.75, 3.05) is 52.3 Å². The Bertz CT molecular complexity index is 853. The molecule has 8 nitrogen and oxygen atoms in total. The van der Waals surface area contributed by atoms with E-state index in [0.29, 0.717) is 24.3 Å². The van der Waals surface area contributed by atoms with E-state index in [1.165, 1.54) is 12.0 Å². The van der Waals surface area contributed by atoms with E-state index in [0.717, 1.165) is 6.42 Å². The summed E-state index contributed by atoms with van der Waals surface area (Å²) in [6.45, 7) is 6.66. The molecule has 11 heteroatoms. The first-order valence-electron chi connectivity index (χ1n) is 11.9. The number of urea groups is 1. The van der Waals surface area contributed by atoms with Crippen molar-refractivity contribution in [3.05, 3.63) is 23.8 Å². The second kappa shape index (κ2) is 13.0. The summed E-state index contributed by atoms with van der Waals surface area (Å²) in [6.07, 6.45) is -4.79. The van der Waals surface area contributed by atoms with Crippen molar-refractivity contribution in [1.82, 2.24) is 15.1 Å². The van der Waals surface area contributed by atoms with Crippen molar-refractivity contribution in [3.8, 4) is 5.75 Å². The fourth-order valence-electron chi connectivity index (χ4n) is 3.92. The van der Waals surface area contributed by atoms with Gasteiger partial charge in [0.2, 0.25) is 0 Å². The topological polar surface area (TPSA) is 83.1 Å². The van der Waals surface area contributed by atoms with Crippen LogP contribution in [0, 0.1) is 5.92 Å². The number of methoxy groups -OCH3 is 1. The number of halogens is 3. The van der Waals surface area contributed by atoms with Crippen LogP contribution in [0.1, 0.15) is 44.0 Å². The number of rotatable bonds is 6. The Morgan fingerprint density at radius 2 is 1.97 bits per heavy atom. The third kappa shape index (κ3) is 8.88. The first kappa shape index (κ1) is 28.7. The van der Waals surface area contributed by atoms with Gasteiger partial charge in [-0.1, -0.05) is 13.8 Å². The van der Waals surface area contributed by atoms with E-state index in [2.05, 4.69) is 10.6 Å². The lowest BCUT2D eigenvalue weighted by Gasteiger charge is -2.36. The smallest absolute Gasteiger partial charge is 0.390 e. The number of hydrogen-bond donors (Lipinski definition) is 2. The summed E-state index contributed by atoms with van der Waals surface area (Å²) in [5.41, 5.74) is 0.731. The van der Waals surface area contributed by atoms with E-state index in [1.807, 2.05) is 13.8 Å². The number of nitrogens with one attached hydrogen (secondary N) is 2. The van der Waals surface area contributed by atoms with Gasteiger partial charge >= 0.3 is 12.2 Å². The second-order valence-corrected chi connectivity index (χ2v) is 9.05. The highest BCUT2D eigenvalue weighted by Gasteiger charge is 2.32. The molecule has 3 atom stereocenters. The van der Waals surface area contributed by atoms with Crippen molar-refractivity contribution in [2.24, 2.45) is 5.92 Å². The molecule has 1 aliphatic rings. The highest BCUT2D eigenvalue weighted by Crippen LogP contribution is 2.27. The Hall–Kier alpha value is -2.53. The molecule has 1 heterocycles. The average Bonchev–Trinajstić information content (AvgIpc) is 2.80. The molecule has 0 unspecified atom stereocenters. The second-order valence-electron chi connectivity index (χ2n) is 9.05. The number of carbonyl (C=O) groups excluding carboxylic acids is 2. The predicted octanol–water partition coefficient (Wildman–Crippen LogP) is 3.98. The van der Waals surface area contributed by atoms with Crippen molar-refractivity contribution in [2.45, 2.75) is 51.9 Å². The zero-order chi connectivity index (χ0) is 26.2. The van der Waals surface area contributed by atoms with Gasteiger partial charge in [-0.25, -0.2) is 4.79 Å². The lowest BCUT2D eigenvalue weighted by atomic mass is 10.0. The Labute approximate surface area is 205 Å². The van der Waals surface area contributed by atoms with E-state index < -0.39 is 12.6 Å². The fourth-order valence-corrected chi connectivity index (χ4v) is 3.92. The number of amides is 3. The molecule has 35 heavy (non-hydrogen) atoms. The number of nitrogens with zero attached hydrogens (tertiary/aromatic N) is 2. The third-order valence-electron chi connectivity index (χ3n) is 6.05. The van der Waals surface area contributed by atoms with E-state index >= 15 is 0 Å². The minimum atomic E-state index is -4.27. The monoisotopic (exact) mass is 502 g/mol. The summed E-state index contributed by atoms with van der Waals surface area (Å²) >= 11 is 0. The number of carbonyl (C=O) groups is 2. The molecule has 2 rings (SSSR count). The van der Waals surface area contributed by atoms with Crippen LogP contribution in [-0.2, 0) is 4.74 Å². The zero-order valence-corrected chi connectivity index (χ0v) is 21.1. The molecule has 0 fully saturated rings. The molecule has 0 saturated carbocycles. The minimum Gasteiger partial charge on any atom is -0.491 e. The molecular weight excluding hydrogens is 465 g/mol. The highest BCUT2D eigenvalue weighted by atomic mass is 19.4. The lowest BCUT2D eigenvalue weighted by molar-refractivity contribution is -0.140. The van der Waals surface area contributed by atoms with Gasteiger partial charge in [-0.2, -0.15) is 13.2 Å². The predicted molar refractivity (Wildman–Crippen MR) is 128 cm³/mol. The van der Waals surface area contributed by atoms with Gasteiger partial charge in [0, 0.05) is 58.1 Å². The largest absolute Gasteiger partial charge is 0.491 e. The number of fused-ring (bicyclic) bond motifs is 1. The Morgan fingerprint density at radius 3 is 2.60 bits per heavy atom. The molecule has 0 aliphatic carbocycles. The first-order valence-corrected chi connectivity index (χ1v) is 11.9. The van der Waals surface area contributed by atoms with Crippen LogP contribution in [0.25, 0.3) is 0 Å². The molecule has 198 valence electrons. The van der Waals surface area contributed by atoms with Crippen LogP contribution in [0.15, 0.2) is 18.2 Å². The van der Waals surface area contributed by atoms with Crippen LogP contribution in [0.2, 0.25) is 0 Å². The summed E-state index contributed by atoms with van der Waals surface area (Å²) in [5.74, 6) is -0.156. The fraction of sp³-hybridized carbons (Fsp3) is 0.667. The SMILES string of the molecule is CCCNC(=O)Nc1ccc2c(c1)OC[C@@H](C)N(CCC(F)(F)F)C[C@@H](C)[C@H](OC)CN(C)C2=O. The molecule has 1 aliphatic heterocycles. The van der Waals surface area contributed by atoms with Crippen molar-refractivity contribution in [1.29, 1.82) is 0 Å². The van der Waals surface area contributed by atoms with Crippen LogP contribution in [0.5, 0.6) is 5.75 Å². The molecule has 1 aromatic carbocycles. The quantitative estimate of drug-likeness (QED) is 0.615. The summed E-state index contributed by atoms with van der Waals surface area (Å²) in [4.78, 5) is 28.5. The summed E-state index contributed by atoms with van der Waals surface area (Å²) in [6, 6.07) is 4.00. The summed E-state index contributed by atoms with van der Waals surface area (Å²) in [7, 11) is 3.18. The lowest BCUT2D eigenvalue weighted by Crippen LogP contribution is -2.47. The van der Waals surface area contributed by atoms with Crippen molar-refractivity contribution >= 4 is 17.6 Å². The van der Waals surface area contributed by atoms with Gasteiger partial charge in [0.05, 0.1) is 18.1 Å². The van der Waals surface area contributed by atoms with E-state index in [4.69, 9.17) is 9.47 Å². The molecular formula is C24H37F3N4O4. The van der Waals surface area contributed by atoms with Gasteiger partial charge in [0.1, 0.15) is 12.4 Å². The zero-order valence-electron chi connectivity index (χ0n) is 21.1. The van der Waals surface area contributed by atoms with Crippen LogP contribution >= 0.6 is 0 Å². The summed E-state index contributed by atoms with van der Waals surface area (Å²) in [5, 5.41) is 5.42. The first-order chi connectivity index (χ1) is 16.4. The van der Waals surface area contributed by atoms with Crippen molar-refractivity contribution in [3.63, 3.8) is 0 Å². The maximum absolute atomic E-state index is 13.2. The minimum absolute atomic E-state index is 0.0672. The van der Waals surface area contributed by atoms with Crippen LogP contribution in [0.3, 0.4) is 0 Å². The highest BCUT2D eigenvalue weighted by molar-refractivity contribution is 5.98. The number of alkyl halides is 3. The molecule has 0 spiro atoms. The van der Waals surface area contributed by atoms with Crippen LogP contribution < -0.4 is 15.4 Å². The molecule has 0 saturated heterocycles. The van der Waals surface area contributed by atoms with E-state index in [1.54, 1.807) is 37.1 Å². The van der Waals surface area contributed by atoms with Crippen LogP contribution in [-0.4, -0.2) is 87.0 Å². The number of benzene rings is 1. The van der Waals surface area contributed by atoms with Crippen molar-refractivity contribution < 1.29 is 32.2 Å². The van der Waals surface area contributed by atoms with Gasteiger partial charge < -0.3 is 25.0 Å². The standard InChI is InChI=1S/C24H37F3N4O4/c1-6-10-28-23(33)29-18-7-8-19-20(12-18)35-15-17(3)31(11-9-24(25,26)27)13-16(2)21(34-5)14-30(4)22(19)32/h7-8,12,16-17,21H,6,9-11,13-15H2,1-5H3,(H2,28,29,33)/t16-,17-,21-/m1/s1. The molecule has 0 bridgehead atoms. The van der Waals surface area contributed by atoms with Crippen LogP contribution in [0.4, 0.5) is 23.7 Å². The Balaban J connectivity index is 2.35. The molecule has 0 radical (unpaired) electrons. The van der Waals surface area contributed by atoms with Gasteiger partial charge in [-0.3, -0.25) is 9.69 Å². The number of likely N-dealkylation sites (N-methyl/N-ethyl adjacent to an activating group) is 1. The maximum atomic E-state index is 13.2. The molecule has 2 N–H and O–H groups in total. The number of hydrogen-bond acceptors (Lipinski definition) is 5. The normalized spacial score (nSPS) is 22.5. The number of ether oxygens (including phenoxy) is 2. The van der Waals surface area contributed by atoms with Gasteiger partial charge in [0.15, 0.2) is 0 Å².